The highest BCUT2D eigenvalue weighted by atomic mass is 16.1. The Morgan fingerprint density at radius 2 is 1.45 bits per heavy atom. The number of carbonyl (C=O) groups excluding carboxylic acids is 1. The van der Waals surface area contributed by atoms with E-state index in [1.807, 2.05) is 67.6 Å². The van der Waals surface area contributed by atoms with Crippen molar-refractivity contribution in [3.05, 3.63) is 71.8 Å². The van der Waals surface area contributed by atoms with Crippen LogP contribution in [0.1, 0.15) is 24.0 Å². The fraction of sp³-hybridized carbons (Fsp3) is 0.235. The molecule has 20 heavy (non-hydrogen) atoms. The number of nitrogens with two attached hydrogens (primary N) is 1. The van der Waals surface area contributed by atoms with Gasteiger partial charge in [0.25, 0.3) is 0 Å². The number of hydrogen-bond acceptors (Lipinski definition) is 2. The van der Waals surface area contributed by atoms with Gasteiger partial charge in [-0.1, -0.05) is 67.6 Å². The van der Waals surface area contributed by atoms with Gasteiger partial charge in [0.15, 0.2) is 0 Å². The molecule has 2 rings (SSSR count). The van der Waals surface area contributed by atoms with E-state index in [0.29, 0.717) is 6.54 Å². The summed E-state index contributed by atoms with van der Waals surface area (Å²) in [6, 6.07) is 19.6. The Labute approximate surface area is 119 Å². The zero-order valence-electron chi connectivity index (χ0n) is 11.6. The molecule has 0 aromatic heterocycles. The van der Waals surface area contributed by atoms with Crippen LogP contribution in [-0.4, -0.2) is 18.5 Å². The molecular weight excluding hydrogens is 248 g/mol. The van der Waals surface area contributed by atoms with Crippen LogP contribution in [0.25, 0.3) is 0 Å². The van der Waals surface area contributed by atoms with Crippen molar-refractivity contribution in [2.45, 2.75) is 18.9 Å². The third-order valence-electron chi connectivity index (χ3n) is 3.38. The lowest BCUT2D eigenvalue weighted by Gasteiger charge is -2.26. The minimum atomic E-state index is -0.412. The molecule has 1 unspecified atom stereocenters. The maximum atomic E-state index is 11.8. The summed E-state index contributed by atoms with van der Waals surface area (Å²) in [7, 11) is 0. The summed E-state index contributed by atoms with van der Waals surface area (Å²) in [6.07, 6.45) is 0. The van der Waals surface area contributed by atoms with Gasteiger partial charge in [0.2, 0.25) is 5.91 Å². The fourth-order valence-electron chi connectivity index (χ4n) is 2.50. The predicted octanol–water partition coefficient (Wildman–Crippen LogP) is 2.28. The summed E-state index contributed by atoms with van der Waals surface area (Å²) in [6.45, 7) is 2.67. The fourth-order valence-corrected chi connectivity index (χ4v) is 2.50. The molecule has 104 valence electrons. The van der Waals surface area contributed by atoms with Crippen molar-refractivity contribution in [2.75, 3.05) is 6.54 Å². The van der Waals surface area contributed by atoms with E-state index < -0.39 is 6.04 Å². The minimum absolute atomic E-state index is 0.0742. The van der Waals surface area contributed by atoms with E-state index >= 15 is 0 Å². The van der Waals surface area contributed by atoms with Gasteiger partial charge in [-0.25, -0.2) is 0 Å². The van der Waals surface area contributed by atoms with Crippen molar-refractivity contribution in [3.63, 3.8) is 0 Å². The number of carbonyl (C=O) groups is 1. The van der Waals surface area contributed by atoms with Gasteiger partial charge in [-0.15, -0.1) is 0 Å². The largest absolute Gasteiger partial charge is 0.368 e. The second-order valence-corrected chi connectivity index (χ2v) is 4.74. The molecule has 0 aliphatic heterocycles. The average molecular weight is 268 g/mol. The first-order chi connectivity index (χ1) is 9.74. The van der Waals surface area contributed by atoms with Crippen LogP contribution in [0.3, 0.4) is 0 Å². The highest BCUT2D eigenvalue weighted by molar-refractivity contribution is 5.82. The monoisotopic (exact) mass is 268 g/mol. The third kappa shape index (κ3) is 3.25. The maximum absolute atomic E-state index is 11.8. The van der Waals surface area contributed by atoms with Gasteiger partial charge >= 0.3 is 0 Å². The van der Waals surface area contributed by atoms with E-state index in [9.17, 15) is 4.79 Å². The molecule has 0 heterocycles. The molecule has 0 saturated heterocycles. The molecule has 0 aliphatic carbocycles. The molecule has 3 heteroatoms. The lowest BCUT2D eigenvalue weighted by molar-refractivity contribution is -0.120. The van der Waals surface area contributed by atoms with E-state index in [0.717, 1.165) is 11.1 Å². The zero-order chi connectivity index (χ0) is 14.4. The van der Waals surface area contributed by atoms with Gasteiger partial charge in [0.05, 0.1) is 6.04 Å². The van der Waals surface area contributed by atoms with Crippen LogP contribution >= 0.6 is 0 Å². The molecule has 3 nitrogen and oxygen atoms in total. The molecule has 2 aromatic carbocycles. The van der Waals surface area contributed by atoms with Crippen molar-refractivity contribution in [2.24, 2.45) is 5.73 Å². The number of likely N-dealkylation sites (N-methyl/N-ethyl adjacent to an activating group) is 1. The van der Waals surface area contributed by atoms with Crippen LogP contribution in [0, 0.1) is 0 Å². The molecule has 0 spiro atoms. The SMILES string of the molecule is CCNC(C(N)=O)C(c1ccccc1)c1ccccc1. The van der Waals surface area contributed by atoms with Crippen molar-refractivity contribution in [1.29, 1.82) is 0 Å². The Morgan fingerprint density at radius 1 is 1.00 bits per heavy atom. The number of benzene rings is 2. The summed E-state index contributed by atoms with van der Waals surface area (Å²) >= 11 is 0. The summed E-state index contributed by atoms with van der Waals surface area (Å²) in [5, 5.41) is 3.20. The van der Waals surface area contributed by atoms with Crippen LogP contribution in [-0.2, 0) is 4.79 Å². The summed E-state index contributed by atoms with van der Waals surface area (Å²) < 4.78 is 0. The van der Waals surface area contributed by atoms with E-state index in [-0.39, 0.29) is 11.8 Å². The van der Waals surface area contributed by atoms with Crippen molar-refractivity contribution < 1.29 is 4.79 Å². The predicted molar refractivity (Wildman–Crippen MR) is 81.4 cm³/mol. The molecule has 1 amide bonds. The van der Waals surface area contributed by atoms with E-state index in [1.54, 1.807) is 0 Å². The quantitative estimate of drug-likeness (QED) is 0.844. The highest BCUT2D eigenvalue weighted by Gasteiger charge is 2.28. The zero-order valence-corrected chi connectivity index (χ0v) is 11.6. The molecule has 0 saturated carbocycles. The number of amides is 1. The van der Waals surface area contributed by atoms with Crippen LogP contribution in [0.4, 0.5) is 0 Å². The Bertz CT molecular complexity index is 500. The van der Waals surface area contributed by atoms with E-state index in [2.05, 4.69) is 5.32 Å². The van der Waals surface area contributed by atoms with Crippen LogP contribution < -0.4 is 11.1 Å². The molecule has 3 N–H and O–H groups in total. The molecule has 2 aromatic rings. The smallest absolute Gasteiger partial charge is 0.235 e. The molecule has 0 aliphatic rings. The van der Waals surface area contributed by atoms with E-state index in [1.165, 1.54) is 0 Å². The third-order valence-corrected chi connectivity index (χ3v) is 3.38. The van der Waals surface area contributed by atoms with Gasteiger partial charge in [-0.2, -0.15) is 0 Å². The molecule has 0 bridgehead atoms. The minimum Gasteiger partial charge on any atom is -0.368 e. The highest BCUT2D eigenvalue weighted by Crippen LogP contribution is 2.27. The summed E-state index contributed by atoms with van der Waals surface area (Å²) in [5.74, 6) is -0.403. The topological polar surface area (TPSA) is 55.1 Å². The number of nitrogens with one attached hydrogen (secondary N) is 1. The first-order valence-corrected chi connectivity index (χ1v) is 6.86. The van der Waals surface area contributed by atoms with Gasteiger partial charge in [0.1, 0.15) is 0 Å². The second-order valence-electron chi connectivity index (χ2n) is 4.74. The van der Waals surface area contributed by atoms with Crippen molar-refractivity contribution >= 4 is 5.91 Å². The number of rotatable bonds is 6. The Morgan fingerprint density at radius 3 is 1.80 bits per heavy atom. The number of primary amides is 1. The first-order valence-electron chi connectivity index (χ1n) is 6.86. The standard InChI is InChI=1S/C17H20N2O/c1-2-19-16(17(18)20)15(13-9-5-3-6-10-13)14-11-7-4-8-12-14/h3-12,15-16,19H,2H2,1H3,(H2,18,20). The Hall–Kier alpha value is -2.13. The molecular formula is C17H20N2O. The Kier molecular flexibility index (Phi) is 4.91. The van der Waals surface area contributed by atoms with E-state index in [4.69, 9.17) is 5.73 Å². The van der Waals surface area contributed by atoms with Gasteiger partial charge in [0, 0.05) is 5.92 Å². The van der Waals surface area contributed by atoms with Crippen LogP contribution in [0.15, 0.2) is 60.7 Å². The second kappa shape index (κ2) is 6.87. The van der Waals surface area contributed by atoms with Gasteiger partial charge < -0.3 is 11.1 Å². The molecule has 1 atom stereocenters. The normalized spacial score (nSPS) is 12.3. The Balaban J connectivity index is 2.46. The van der Waals surface area contributed by atoms with Gasteiger partial charge in [-0.3, -0.25) is 4.79 Å². The summed E-state index contributed by atoms with van der Waals surface area (Å²) in [5.41, 5.74) is 7.77. The summed E-state index contributed by atoms with van der Waals surface area (Å²) in [4.78, 5) is 11.8. The average Bonchev–Trinajstić information content (AvgIpc) is 2.49. The van der Waals surface area contributed by atoms with Crippen LogP contribution in [0.5, 0.6) is 0 Å². The van der Waals surface area contributed by atoms with Crippen LogP contribution in [0.2, 0.25) is 0 Å². The van der Waals surface area contributed by atoms with Crippen molar-refractivity contribution in [3.8, 4) is 0 Å². The van der Waals surface area contributed by atoms with Gasteiger partial charge in [-0.05, 0) is 17.7 Å². The maximum Gasteiger partial charge on any atom is 0.235 e. The molecule has 0 radical (unpaired) electrons. The lowest BCUT2D eigenvalue weighted by Crippen LogP contribution is -2.45. The lowest BCUT2D eigenvalue weighted by atomic mass is 9.84. The number of hydrogen-bond donors (Lipinski definition) is 2. The first kappa shape index (κ1) is 14.3. The molecule has 0 fully saturated rings. The van der Waals surface area contributed by atoms with Crippen molar-refractivity contribution in [1.82, 2.24) is 5.32 Å².